The van der Waals surface area contributed by atoms with Crippen molar-refractivity contribution in [1.29, 1.82) is 0 Å². The van der Waals surface area contributed by atoms with E-state index in [0.717, 1.165) is 64.1 Å². The van der Waals surface area contributed by atoms with Crippen LogP contribution in [0.1, 0.15) is 44.0 Å². The minimum Gasteiger partial charge on any atom is -0.338 e. The van der Waals surface area contributed by atoms with E-state index in [2.05, 4.69) is 62.9 Å². The van der Waals surface area contributed by atoms with Crippen molar-refractivity contribution in [3.63, 3.8) is 0 Å². The number of carbonyl (C=O) groups excluding carboxylic acids is 1. The van der Waals surface area contributed by atoms with Crippen LogP contribution in [0.3, 0.4) is 0 Å². The number of likely N-dealkylation sites (tertiary alicyclic amines) is 1. The van der Waals surface area contributed by atoms with Gasteiger partial charge in [0.05, 0.1) is 12.6 Å². The molecule has 0 saturated carbocycles. The Morgan fingerprint density at radius 3 is 2.79 bits per heavy atom. The molecule has 7 heteroatoms. The topological polar surface area (TPSA) is 75.1 Å². The molecule has 7 nitrogen and oxygen atoms in total. The normalized spacial score (nSPS) is 21.3. The molecule has 0 radical (unpaired) electrons. The number of carbonyl (C=O) groups is 1. The third-order valence-electron chi connectivity index (χ3n) is 6.68. The standard InChI is InChI=1S/C22H32N6O/c1-2-22(10-12-27(13-11-22)14-18-6-4-3-5-7-18)16-23-21(29)26-19-8-9-20-24-17-25-28(20)15-19/h3-7,17,19H,2,8-16H2,1H3,(H2,23,26,29). The number of hydrogen-bond donors (Lipinski definition) is 2. The van der Waals surface area contributed by atoms with Crippen LogP contribution in [0.5, 0.6) is 0 Å². The lowest BCUT2D eigenvalue weighted by Crippen LogP contribution is -2.50. The number of nitrogens with zero attached hydrogens (tertiary/aromatic N) is 4. The van der Waals surface area contributed by atoms with Crippen LogP contribution < -0.4 is 10.6 Å². The molecule has 1 aromatic heterocycles. The number of aromatic nitrogens is 3. The lowest BCUT2D eigenvalue weighted by Gasteiger charge is -2.41. The maximum Gasteiger partial charge on any atom is 0.315 e. The molecule has 0 spiro atoms. The van der Waals surface area contributed by atoms with Crippen molar-refractivity contribution in [2.24, 2.45) is 5.41 Å². The zero-order valence-corrected chi connectivity index (χ0v) is 17.3. The average Bonchev–Trinajstić information content (AvgIpc) is 3.22. The molecule has 1 aromatic carbocycles. The number of amides is 2. The molecule has 1 saturated heterocycles. The second-order valence-corrected chi connectivity index (χ2v) is 8.54. The third-order valence-corrected chi connectivity index (χ3v) is 6.68. The summed E-state index contributed by atoms with van der Waals surface area (Å²) in [6, 6.07) is 10.7. The van der Waals surface area contributed by atoms with Gasteiger partial charge in [-0.3, -0.25) is 4.90 Å². The molecule has 2 aliphatic rings. The fourth-order valence-electron chi connectivity index (χ4n) is 4.54. The molecule has 0 bridgehead atoms. The molecule has 1 atom stereocenters. The Bertz CT molecular complexity index is 797. The van der Waals surface area contributed by atoms with Crippen LogP contribution in [0, 0.1) is 5.41 Å². The molecule has 156 valence electrons. The molecule has 3 heterocycles. The Balaban J connectivity index is 1.22. The quantitative estimate of drug-likeness (QED) is 0.787. The summed E-state index contributed by atoms with van der Waals surface area (Å²) in [7, 11) is 0. The van der Waals surface area contributed by atoms with Crippen LogP contribution in [-0.2, 0) is 19.5 Å². The Hall–Kier alpha value is -2.41. The van der Waals surface area contributed by atoms with E-state index in [9.17, 15) is 4.79 Å². The van der Waals surface area contributed by atoms with E-state index in [1.807, 2.05) is 4.68 Å². The number of hydrogen-bond acceptors (Lipinski definition) is 4. The Labute approximate surface area is 172 Å². The monoisotopic (exact) mass is 396 g/mol. The fourth-order valence-corrected chi connectivity index (χ4v) is 4.54. The third kappa shape index (κ3) is 4.96. The highest BCUT2D eigenvalue weighted by Gasteiger charge is 2.33. The number of urea groups is 1. The van der Waals surface area contributed by atoms with Gasteiger partial charge in [0.2, 0.25) is 0 Å². The first-order chi connectivity index (χ1) is 14.2. The van der Waals surface area contributed by atoms with Crippen LogP contribution >= 0.6 is 0 Å². The number of fused-ring (bicyclic) bond motifs is 1. The van der Waals surface area contributed by atoms with Gasteiger partial charge in [0, 0.05) is 19.5 Å². The minimum atomic E-state index is -0.0573. The van der Waals surface area contributed by atoms with Crippen molar-refractivity contribution < 1.29 is 4.79 Å². The average molecular weight is 397 g/mol. The number of piperidine rings is 1. The van der Waals surface area contributed by atoms with Crippen LogP contribution in [0.25, 0.3) is 0 Å². The van der Waals surface area contributed by atoms with E-state index < -0.39 is 0 Å². The van der Waals surface area contributed by atoms with Crippen LogP contribution in [0.15, 0.2) is 36.7 Å². The molecule has 2 amide bonds. The molecule has 0 aliphatic carbocycles. The second-order valence-electron chi connectivity index (χ2n) is 8.54. The van der Waals surface area contributed by atoms with Gasteiger partial charge in [-0.15, -0.1) is 0 Å². The predicted molar refractivity (Wildman–Crippen MR) is 112 cm³/mol. The summed E-state index contributed by atoms with van der Waals surface area (Å²) in [5.74, 6) is 1.01. The van der Waals surface area contributed by atoms with Crippen LogP contribution in [0.2, 0.25) is 0 Å². The van der Waals surface area contributed by atoms with E-state index in [4.69, 9.17) is 0 Å². The summed E-state index contributed by atoms with van der Waals surface area (Å²) in [5.41, 5.74) is 1.58. The van der Waals surface area contributed by atoms with Crippen molar-refractivity contribution in [2.45, 2.75) is 58.2 Å². The summed E-state index contributed by atoms with van der Waals surface area (Å²) >= 11 is 0. The highest BCUT2D eigenvalue weighted by molar-refractivity contribution is 5.74. The van der Waals surface area contributed by atoms with E-state index >= 15 is 0 Å². The largest absolute Gasteiger partial charge is 0.338 e. The maximum atomic E-state index is 12.5. The van der Waals surface area contributed by atoms with Crippen molar-refractivity contribution in [2.75, 3.05) is 19.6 Å². The van der Waals surface area contributed by atoms with E-state index in [0.29, 0.717) is 6.54 Å². The van der Waals surface area contributed by atoms with E-state index in [-0.39, 0.29) is 17.5 Å². The molecular formula is C22H32N6O. The van der Waals surface area contributed by atoms with E-state index in [1.165, 1.54) is 5.56 Å². The lowest BCUT2D eigenvalue weighted by molar-refractivity contribution is 0.0946. The van der Waals surface area contributed by atoms with Gasteiger partial charge in [-0.1, -0.05) is 37.3 Å². The number of aryl methyl sites for hydroxylation is 1. The molecule has 2 N–H and O–H groups in total. The summed E-state index contributed by atoms with van der Waals surface area (Å²) in [4.78, 5) is 19.3. The van der Waals surface area contributed by atoms with Gasteiger partial charge in [-0.2, -0.15) is 5.10 Å². The molecule has 2 aliphatic heterocycles. The first-order valence-electron chi connectivity index (χ1n) is 10.8. The van der Waals surface area contributed by atoms with Gasteiger partial charge >= 0.3 is 6.03 Å². The number of benzene rings is 1. The fraction of sp³-hybridized carbons (Fsp3) is 0.591. The highest BCUT2D eigenvalue weighted by atomic mass is 16.2. The van der Waals surface area contributed by atoms with Gasteiger partial charge in [-0.25, -0.2) is 14.5 Å². The molecule has 29 heavy (non-hydrogen) atoms. The van der Waals surface area contributed by atoms with Crippen molar-refractivity contribution in [3.8, 4) is 0 Å². The zero-order valence-electron chi connectivity index (χ0n) is 17.3. The smallest absolute Gasteiger partial charge is 0.315 e. The van der Waals surface area contributed by atoms with E-state index in [1.54, 1.807) is 6.33 Å². The number of nitrogens with one attached hydrogen (secondary N) is 2. The summed E-state index contributed by atoms with van der Waals surface area (Å²) in [5, 5.41) is 10.5. The Kier molecular flexibility index (Phi) is 6.13. The van der Waals surface area contributed by atoms with Crippen molar-refractivity contribution in [1.82, 2.24) is 30.3 Å². The Morgan fingerprint density at radius 2 is 2.03 bits per heavy atom. The molecule has 2 aromatic rings. The first-order valence-corrected chi connectivity index (χ1v) is 10.8. The van der Waals surface area contributed by atoms with Crippen LogP contribution in [-0.4, -0.2) is 51.4 Å². The second kappa shape index (κ2) is 8.95. The summed E-state index contributed by atoms with van der Waals surface area (Å²) in [6.07, 6.45) is 6.72. The van der Waals surface area contributed by atoms with Gasteiger partial charge in [0.25, 0.3) is 0 Å². The predicted octanol–water partition coefficient (Wildman–Crippen LogP) is 2.58. The van der Waals surface area contributed by atoms with Gasteiger partial charge < -0.3 is 10.6 Å². The minimum absolute atomic E-state index is 0.0573. The zero-order chi connectivity index (χ0) is 20.1. The summed E-state index contributed by atoms with van der Waals surface area (Å²) < 4.78 is 1.89. The molecule has 1 unspecified atom stereocenters. The highest BCUT2D eigenvalue weighted by Crippen LogP contribution is 2.34. The van der Waals surface area contributed by atoms with Gasteiger partial charge in [0.15, 0.2) is 0 Å². The van der Waals surface area contributed by atoms with Crippen molar-refractivity contribution in [3.05, 3.63) is 48.0 Å². The summed E-state index contributed by atoms with van der Waals surface area (Å²) in [6.45, 7) is 6.89. The lowest BCUT2D eigenvalue weighted by atomic mass is 9.76. The van der Waals surface area contributed by atoms with Gasteiger partial charge in [0.1, 0.15) is 12.2 Å². The van der Waals surface area contributed by atoms with Crippen LogP contribution in [0.4, 0.5) is 4.79 Å². The Morgan fingerprint density at radius 1 is 1.24 bits per heavy atom. The SMILES string of the molecule is CCC1(CNC(=O)NC2CCc3ncnn3C2)CCN(Cc2ccccc2)CC1. The number of rotatable bonds is 6. The first kappa shape index (κ1) is 19.9. The maximum absolute atomic E-state index is 12.5. The molecule has 4 rings (SSSR count). The van der Waals surface area contributed by atoms with Crippen molar-refractivity contribution >= 4 is 6.03 Å². The molecule has 1 fully saturated rings. The van der Waals surface area contributed by atoms with Gasteiger partial charge in [-0.05, 0) is 49.8 Å². The molecular weight excluding hydrogens is 364 g/mol.